The highest BCUT2D eigenvalue weighted by Gasteiger charge is 2.13. The van der Waals surface area contributed by atoms with E-state index in [0.717, 1.165) is 22.5 Å². The highest BCUT2D eigenvalue weighted by molar-refractivity contribution is 7.15. The molecule has 2 N–H and O–H groups in total. The first-order valence-corrected chi connectivity index (χ1v) is 12.1. The van der Waals surface area contributed by atoms with E-state index >= 15 is 0 Å². The molecule has 0 saturated carbocycles. The molecule has 0 saturated heterocycles. The van der Waals surface area contributed by atoms with Gasteiger partial charge >= 0.3 is 0 Å². The minimum absolute atomic E-state index is 0.0395. The van der Waals surface area contributed by atoms with Gasteiger partial charge in [-0.3, -0.25) is 14.9 Å². The Morgan fingerprint density at radius 3 is 2.64 bits per heavy atom. The number of benzene rings is 3. The number of carbonyl (C=O) groups excluding carboxylic acids is 2. The van der Waals surface area contributed by atoms with Crippen LogP contribution in [0.15, 0.2) is 77.9 Å². The molecule has 4 rings (SSSR count). The van der Waals surface area contributed by atoms with Crippen molar-refractivity contribution < 1.29 is 14.3 Å². The van der Waals surface area contributed by atoms with Crippen LogP contribution >= 0.6 is 22.9 Å². The molecular formula is C26H22ClN5O3S. The van der Waals surface area contributed by atoms with Crippen LogP contribution in [0.3, 0.4) is 0 Å². The number of nitrogens with zero attached hydrogens (tertiary/aromatic N) is 3. The first-order chi connectivity index (χ1) is 17.5. The predicted molar refractivity (Wildman–Crippen MR) is 141 cm³/mol. The molecule has 0 unspecified atom stereocenters. The number of hydrogen-bond acceptors (Lipinski definition) is 7. The van der Waals surface area contributed by atoms with Gasteiger partial charge in [0.25, 0.3) is 5.91 Å². The molecule has 8 nitrogen and oxygen atoms in total. The molecule has 1 aromatic heterocycles. The van der Waals surface area contributed by atoms with E-state index < -0.39 is 0 Å². The van der Waals surface area contributed by atoms with Crippen LogP contribution in [0.2, 0.25) is 5.02 Å². The highest BCUT2D eigenvalue weighted by atomic mass is 35.5. The van der Waals surface area contributed by atoms with Crippen LogP contribution in [-0.2, 0) is 17.8 Å². The average molecular weight is 520 g/mol. The van der Waals surface area contributed by atoms with E-state index in [2.05, 4.69) is 26.0 Å². The summed E-state index contributed by atoms with van der Waals surface area (Å²) >= 11 is 7.24. The number of nitrogens with one attached hydrogen (secondary N) is 2. The summed E-state index contributed by atoms with van der Waals surface area (Å²) in [4.78, 5) is 24.8. The second-order valence-corrected chi connectivity index (χ2v) is 9.19. The van der Waals surface area contributed by atoms with E-state index in [0.29, 0.717) is 38.6 Å². The molecule has 1 heterocycles. The van der Waals surface area contributed by atoms with Gasteiger partial charge in [-0.25, -0.2) is 5.43 Å². The lowest BCUT2D eigenvalue weighted by Crippen LogP contribution is -2.19. The van der Waals surface area contributed by atoms with Gasteiger partial charge < -0.3 is 4.74 Å². The largest absolute Gasteiger partial charge is 0.488 e. The summed E-state index contributed by atoms with van der Waals surface area (Å²) < 4.78 is 5.89. The summed E-state index contributed by atoms with van der Waals surface area (Å²) in [6.45, 7) is 2.24. The average Bonchev–Trinajstić information content (AvgIpc) is 3.30. The number of ether oxygens (including phenoxy) is 1. The normalized spacial score (nSPS) is 10.8. The molecule has 3 aromatic carbocycles. The summed E-state index contributed by atoms with van der Waals surface area (Å²) in [6.07, 6.45) is 1.43. The van der Waals surface area contributed by atoms with Gasteiger partial charge in [0.1, 0.15) is 17.4 Å². The van der Waals surface area contributed by atoms with Crippen molar-refractivity contribution in [2.24, 2.45) is 5.10 Å². The Kier molecular flexibility index (Phi) is 8.38. The highest BCUT2D eigenvalue weighted by Crippen LogP contribution is 2.23. The number of aromatic nitrogens is 2. The maximum Gasteiger partial charge on any atom is 0.257 e. The quantitative estimate of drug-likeness (QED) is 0.238. The number of amides is 2. The fourth-order valence-corrected chi connectivity index (χ4v) is 4.12. The molecule has 36 heavy (non-hydrogen) atoms. The Balaban J connectivity index is 1.32. The lowest BCUT2D eigenvalue weighted by atomic mass is 10.1. The molecular weight excluding hydrogens is 498 g/mol. The van der Waals surface area contributed by atoms with Crippen molar-refractivity contribution >= 4 is 46.1 Å². The third kappa shape index (κ3) is 6.97. The number of rotatable bonds is 9. The molecule has 182 valence electrons. The number of anilines is 1. The molecule has 0 radical (unpaired) electrons. The van der Waals surface area contributed by atoms with E-state index in [-0.39, 0.29) is 18.2 Å². The number of hydrogen-bond donors (Lipinski definition) is 2. The molecule has 0 aliphatic rings. The van der Waals surface area contributed by atoms with E-state index in [1.165, 1.54) is 6.21 Å². The number of halogens is 1. The van der Waals surface area contributed by atoms with Crippen LogP contribution in [0.4, 0.5) is 5.13 Å². The van der Waals surface area contributed by atoms with Gasteiger partial charge in [-0.05, 0) is 42.3 Å². The lowest BCUT2D eigenvalue weighted by Gasteiger charge is -2.09. The van der Waals surface area contributed by atoms with Crippen molar-refractivity contribution in [2.45, 2.75) is 20.0 Å². The van der Waals surface area contributed by atoms with Crippen LogP contribution in [0, 0.1) is 6.92 Å². The minimum atomic E-state index is -0.382. The summed E-state index contributed by atoms with van der Waals surface area (Å²) in [7, 11) is 0. The van der Waals surface area contributed by atoms with Crippen LogP contribution in [0.5, 0.6) is 5.75 Å². The Hall–Kier alpha value is -4.08. The molecule has 10 heteroatoms. The first-order valence-electron chi connectivity index (χ1n) is 11.0. The Morgan fingerprint density at radius 2 is 1.83 bits per heavy atom. The summed E-state index contributed by atoms with van der Waals surface area (Å²) in [6, 6.07) is 22.2. The zero-order valence-electron chi connectivity index (χ0n) is 19.3. The number of aryl methyl sites for hydroxylation is 1. The third-order valence-corrected chi connectivity index (χ3v) is 6.06. The monoisotopic (exact) mass is 519 g/mol. The molecule has 0 atom stereocenters. The van der Waals surface area contributed by atoms with Gasteiger partial charge in [0.2, 0.25) is 11.0 Å². The molecule has 4 aromatic rings. The molecule has 0 spiro atoms. The van der Waals surface area contributed by atoms with Gasteiger partial charge in [0.15, 0.2) is 0 Å². The van der Waals surface area contributed by atoms with Gasteiger partial charge in [0.05, 0.1) is 12.6 Å². The SMILES string of the molecule is Cc1ccccc1C(=O)Nc1nnc(CC(=O)N/N=C\c2cc(Cl)ccc2OCc2ccccc2)s1. The second kappa shape index (κ2) is 12.1. The maximum atomic E-state index is 12.4. The Labute approximate surface area is 217 Å². The number of carbonyl (C=O) groups is 2. The minimum Gasteiger partial charge on any atom is -0.488 e. The summed E-state index contributed by atoms with van der Waals surface area (Å²) in [5.41, 5.74) is 5.51. The third-order valence-electron chi connectivity index (χ3n) is 4.99. The molecule has 0 fully saturated rings. The van der Waals surface area contributed by atoms with Crippen molar-refractivity contribution in [2.75, 3.05) is 5.32 Å². The van der Waals surface area contributed by atoms with Crippen LogP contribution in [-0.4, -0.2) is 28.2 Å². The van der Waals surface area contributed by atoms with Crippen LogP contribution < -0.4 is 15.5 Å². The summed E-state index contributed by atoms with van der Waals surface area (Å²) in [5, 5.41) is 15.9. The van der Waals surface area contributed by atoms with Gasteiger partial charge in [-0.2, -0.15) is 5.10 Å². The maximum absolute atomic E-state index is 12.4. The predicted octanol–water partition coefficient (Wildman–Crippen LogP) is 5.02. The number of hydrazone groups is 1. The van der Waals surface area contributed by atoms with Crippen molar-refractivity contribution in [3.63, 3.8) is 0 Å². The smallest absolute Gasteiger partial charge is 0.257 e. The van der Waals surface area contributed by atoms with Crippen molar-refractivity contribution in [3.8, 4) is 5.75 Å². The molecule has 2 amide bonds. The summed E-state index contributed by atoms with van der Waals surface area (Å²) in [5.74, 6) is -0.0796. The Morgan fingerprint density at radius 1 is 1.06 bits per heavy atom. The van der Waals surface area contributed by atoms with Crippen molar-refractivity contribution in [1.82, 2.24) is 15.6 Å². The van der Waals surface area contributed by atoms with Gasteiger partial charge in [-0.15, -0.1) is 10.2 Å². The van der Waals surface area contributed by atoms with E-state index in [1.54, 1.807) is 30.3 Å². The van der Waals surface area contributed by atoms with E-state index in [9.17, 15) is 9.59 Å². The van der Waals surface area contributed by atoms with Gasteiger partial charge in [0, 0.05) is 16.1 Å². The zero-order valence-corrected chi connectivity index (χ0v) is 20.8. The van der Waals surface area contributed by atoms with Crippen LogP contribution in [0.25, 0.3) is 0 Å². The van der Waals surface area contributed by atoms with Crippen molar-refractivity contribution in [1.29, 1.82) is 0 Å². The zero-order chi connectivity index (χ0) is 25.3. The van der Waals surface area contributed by atoms with E-state index in [4.69, 9.17) is 16.3 Å². The van der Waals surface area contributed by atoms with Gasteiger partial charge in [-0.1, -0.05) is 71.5 Å². The molecule has 0 bridgehead atoms. The fraction of sp³-hybridized carbons (Fsp3) is 0.115. The van der Waals surface area contributed by atoms with Crippen molar-refractivity contribution in [3.05, 3.63) is 105 Å². The topological polar surface area (TPSA) is 106 Å². The second-order valence-electron chi connectivity index (χ2n) is 7.70. The van der Waals surface area contributed by atoms with E-state index in [1.807, 2.05) is 49.4 Å². The fourth-order valence-electron chi connectivity index (χ4n) is 3.21. The molecule has 0 aliphatic heterocycles. The lowest BCUT2D eigenvalue weighted by molar-refractivity contribution is -0.120. The standard InChI is InChI=1S/C26H22ClN5O3S/c1-17-7-5-6-10-21(17)25(34)29-26-32-31-24(36-26)14-23(33)30-28-15-19-13-20(27)11-12-22(19)35-16-18-8-3-2-4-9-18/h2-13,15H,14,16H2,1H3,(H,30,33)(H,29,32,34)/b28-15-. The van der Waals surface area contributed by atoms with Crippen LogP contribution in [0.1, 0.15) is 32.1 Å². The first kappa shape index (κ1) is 25.0. The Bertz CT molecular complexity index is 1390. The molecule has 0 aliphatic carbocycles.